The summed E-state index contributed by atoms with van der Waals surface area (Å²) in [6.07, 6.45) is 2.10. The number of anilines is 1. The van der Waals surface area contributed by atoms with E-state index < -0.39 is 0 Å². The van der Waals surface area contributed by atoms with E-state index in [9.17, 15) is 9.59 Å². The van der Waals surface area contributed by atoms with Crippen LogP contribution >= 0.6 is 0 Å². The highest BCUT2D eigenvalue weighted by Gasteiger charge is 2.23. The molecular weight excluding hydrogens is 346 g/mol. The van der Waals surface area contributed by atoms with Crippen molar-refractivity contribution in [2.75, 3.05) is 12.4 Å². The fraction of sp³-hybridized carbons (Fsp3) is 0.421. The average Bonchev–Trinajstić information content (AvgIpc) is 3.34. The molecule has 0 bridgehead atoms. The fourth-order valence-electron chi connectivity index (χ4n) is 2.62. The quantitative estimate of drug-likeness (QED) is 0.726. The Morgan fingerprint density at radius 2 is 2.00 bits per heavy atom. The number of carbonyl (C=O) groups is 2. The lowest BCUT2D eigenvalue weighted by Gasteiger charge is -2.21. The first kappa shape index (κ1) is 18.8. The Morgan fingerprint density at radius 3 is 2.59 bits per heavy atom. The molecule has 4 amide bonds. The van der Waals surface area contributed by atoms with E-state index in [0.717, 1.165) is 18.4 Å². The van der Waals surface area contributed by atoms with Gasteiger partial charge < -0.3 is 25.4 Å². The van der Waals surface area contributed by atoms with Crippen LogP contribution in [0.1, 0.15) is 42.8 Å². The van der Waals surface area contributed by atoms with Crippen LogP contribution in [0.4, 0.5) is 15.3 Å². The Labute approximate surface area is 158 Å². The molecule has 1 aromatic carbocycles. The summed E-state index contributed by atoms with van der Waals surface area (Å²) in [6.45, 7) is 4.09. The number of carbonyl (C=O) groups excluding carboxylic acids is 2. The molecular formula is C19H25N5O3. The van der Waals surface area contributed by atoms with Crippen molar-refractivity contribution in [2.45, 2.75) is 45.3 Å². The molecule has 1 heterocycles. The second-order valence-corrected chi connectivity index (χ2v) is 6.95. The lowest BCUT2D eigenvalue weighted by Crippen LogP contribution is -2.38. The van der Waals surface area contributed by atoms with Gasteiger partial charge in [0.15, 0.2) is 0 Å². The van der Waals surface area contributed by atoms with E-state index in [0.29, 0.717) is 29.7 Å². The van der Waals surface area contributed by atoms with E-state index >= 15 is 0 Å². The van der Waals surface area contributed by atoms with Gasteiger partial charge in [0.25, 0.3) is 0 Å². The number of benzene rings is 1. The third-order valence-electron chi connectivity index (χ3n) is 4.34. The van der Waals surface area contributed by atoms with Gasteiger partial charge in [-0.25, -0.2) is 9.59 Å². The fourth-order valence-corrected chi connectivity index (χ4v) is 2.62. The van der Waals surface area contributed by atoms with Crippen molar-refractivity contribution in [1.29, 1.82) is 0 Å². The lowest BCUT2D eigenvalue weighted by atomic mass is 10.1. The first-order chi connectivity index (χ1) is 12.9. The van der Waals surface area contributed by atoms with E-state index in [2.05, 4.69) is 21.1 Å². The Balaban J connectivity index is 1.49. The minimum absolute atomic E-state index is 0.173. The number of rotatable bonds is 6. The zero-order chi connectivity index (χ0) is 19.4. The van der Waals surface area contributed by atoms with Crippen LogP contribution in [0.5, 0.6) is 0 Å². The second kappa shape index (κ2) is 8.11. The Kier molecular flexibility index (Phi) is 5.63. The smallest absolute Gasteiger partial charge is 0.319 e. The summed E-state index contributed by atoms with van der Waals surface area (Å²) < 4.78 is 5.02. The summed E-state index contributed by atoms with van der Waals surface area (Å²) in [4.78, 5) is 25.7. The zero-order valence-corrected chi connectivity index (χ0v) is 15.8. The Hall–Kier alpha value is -3.03. The highest BCUT2D eigenvalue weighted by atomic mass is 16.5. The molecule has 1 aromatic heterocycles. The van der Waals surface area contributed by atoms with Gasteiger partial charge in [-0.05, 0) is 44.4 Å². The van der Waals surface area contributed by atoms with Crippen LogP contribution in [-0.2, 0) is 6.54 Å². The molecule has 27 heavy (non-hydrogen) atoms. The van der Waals surface area contributed by atoms with Crippen LogP contribution in [0.2, 0.25) is 0 Å². The molecule has 144 valence electrons. The summed E-state index contributed by atoms with van der Waals surface area (Å²) >= 11 is 0. The molecule has 1 aliphatic carbocycles. The molecule has 0 spiro atoms. The molecule has 2 aromatic rings. The van der Waals surface area contributed by atoms with E-state index in [4.69, 9.17) is 4.52 Å². The number of nitrogens with one attached hydrogen (secondary N) is 3. The van der Waals surface area contributed by atoms with Crippen molar-refractivity contribution in [1.82, 2.24) is 20.7 Å². The SMILES string of the molecule is Cc1cc(CN(C)C(=O)NC(C)c2ccc(NC(=O)NC3CC3)cc2)no1. The number of aryl methyl sites for hydroxylation is 1. The molecule has 8 heteroatoms. The standard InChI is InChI=1S/C19H25N5O3/c1-12-10-17(23-27-12)11-24(3)19(26)20-13(2)14-4-6-15(7-5-14)21-18(25)22-16-8-9-16/h4-7,10,13,16H,8-9,11H2,1-3H3,(H,20,26)(H2,21,22,25). The summed E-state index contributed by atoms with van der Waals surface area (Å²) in [7, 11) is 1.71. The molecule has 1 fully saturated rings. The zero-order valence-electron chi connectivity index (χ0n) is 15.8. The third-order valence-corrected chi connectivity index (χ3v) is 4.34. The van der Waals surface area contributed by atoms with Crippen molar-refractivity contribution < 1.29 is 14.1 Å². The van der Waals surface area contributed by atoms with Crippen molar-refractivity contribution in [2.24, 2.45) is 0 Å². The highest BCUT2D eigenvalue weighted by molar-refractivity contribution is 5.89. The molecule has 3 N–H and O–H groups in total. The number of nitrogens with zero attached hydrogens (tertiary/aromatic N) is 2. The van der Waals surface area contributed by atoms with Gasteiger partial charge in [-0.2, -0.15) is 0 Å². The topological polar surface area (TPSA) is 99.5 Å². The van der Waals surface area contributed by atoms with Gasteiger partial charge in [0.05, 0.1) is 12.6 Å². The second-order valence-electron chi connectivity index (χ2n) is 6.95. The van der Waals surface area contributed by atoms with Crippen LogP contribution in [-0.4, -0.2) is 35.2 Å². The minimum Gasteiger partial charge on any atom is -0.361 e. The number of aromatic nitrogens is 1. The maximum absolute atomic E-state index is 12.4. The first-order valence-electron chi connectivity index (χ1n) is 9.02. The van der Waals surface area contributed by atoms with Crippen molar-refractivity contribution in [3.8, 4) is 0 Å². The predicted octanol–water partition coefficient (Wildman–Crippen LogP) is 3.17. The van der Waals surface area contributed by atoms with Crippen molar-refractivity contribution in [3.63, 3.8) is 0 Å². The van der Waals surface area contributed by atoms with Crippen LogP contribution in [0.3, 0.4) is 0 Å². The van der Waals surface area contributed by atoms with Crippen molar-refractivity contribution in [3.05, 3.63) is 47.3 Å². The van der Waals surface area contributed by atoms with Crippen LogP contribution in [0.15, 0.2) is 34.9 Å². The third kappa shape index (κ3) is 5.47. The molecule has 0 aliphatic heterocycles. The normalized spacial score (nSPS) is 14.3. The Morgan fingerprint density at radius 1 is 1.30 bits per heavy atom. The number of hydrogen-bond acceptors (Lipinski definition) is 4. The first-order valence-corrected chi connectivity index (χ1v) is 9.02. The van der Waals surface area contributed by atoms with Gasteiger partial charge in [0, 0.05) is 24.8 Å². The van der Waals surface area contributed by atoms with E-state index in [-0.39, 0.29) is 18.1 Å². The lowest BCUT2D eigenvalue weighted by molar-refractivity contribution is 0.202. The van der Waals surface area contributed by atoms with Gasteiger partial charge in [-0.15, -0.1) is 0 Å². The maximum Gasteiger partial charge on any atom is 0.319 e. The molecule has 3 rings (SSSR count). The van der Waals surface area contributed by atoms with Gasteiger partial charge in [-0.1, -0.05) is 17.3 Å². The summed E-state index contributed by atoms with van der Waals surface area (Å²) in [5, 5.41) is 12.5. The molecule has 0 saturated heterocycles. The number of hydrogen-bond donors (Lipinski definition) is 3. The van der Waals surface area contributed by atoms with Gasteiger partial charge >= 0.3 is 12.1 Å². The minimum atomic E-state index is -0.200. The van der Waals surface area contributed by atoms with Gasteiger partial charge in [0.2, 0.25) is 0 Å². The van der Waals surface area contributed by atoms with E-state index in [1.807, 2.05) is 38.1 Å². The summed E-state index contributed by atoms with van der Waals surface area (Å²) in [6, 6.07) is 8.99. The number of urea groups is 2. The average molecular weight is 371 g/mol. The van der Waals surface area contributed by atoms with Crippen LogP contribution in [0, 0.1) is 6.92 Å². The monoisotopic (exact) mass is 371 g/mol. The molecule has 1 atom stereocenters. The van der Waals surface area contributed by atoms with Crippen LogP contribution in [0.25, 0.3) is 0 Å². The Bertz CT molecular complexity index is 798. The van der Waals surface area contributed by atoms with Crippen LogP contribution < -0.4 is 16.0 Å². The van der Waals surface area contributed by atoms with Gasteiger partial charge in [-0.3, -0.25) is 0 Å². The van der Waals surface area contributed by atoms with Crippen molar-refractivity contribution >= 4 is 17.7 Å². The predicted molar refractivity (Wildman–Crippen MR) is 101 cm³/mol. The number of amides is 4. The van der Waals surface area contributed by atoms with E-state index in [1.165, 1.54) is 0 Å². The molecule has 1 aliphatic rings. The summed E-state index contributed by atoms with van der Waals surface area (Å²) in [5.74, 6) is 0.715. The molecule has 1 saturated carbocycles. The molecule has 1 unspecified atom stereocenters. The maximum atomic E-state index is 12.4. The van der Waals surface area contributed by atoms with E-state index in [1.54, 1.807) is 18.0 Å². The molecule has 0 radical (unpaired) electrons. The largest absolute Gasteiger partial charge is 0.361 e. The summed E-state index contributed by atoms with van der Waals surface area (Å²) in [5.41, 5.74) is 2.37. The highest BCUT2D eigenvalue weighted by Crippen LogP contribution is 2.20. The van der Waals surface area contributed by atoms with Gasteiger partial charge in [0.1, 0.15) is 11.5 Å². The molecule has 8 nitrogen and oxygen atoms in total.